The van der Waals surface area contributed by atoms with Gasteiger partial charge in [0.05, 0.1) is 30.6 Å². The van der Waals surface area contributed by atoms with Crippen LogP contribution >= 0.6 is 0 Å². The Labute approximate surface area is 276 Å². The lowest BCUT2D eigenvalue weighted by atomic mass is 9.72. The maximum Gasteiger partial charge on any atom is 0.407 e. The fraction of sp³-hybridized carbons (Fsp3) is 0.600. The fourth-order valence-electron chi connectivity index (χ4n) is 7.79. The van der Waals surface area contributed by atoms with E-state index in [1.54, 1.807) is 35.5 Å². The topological polar surface area (TPSA) is 114 Å². The number of hydrogen-bond acceptors (Lipinski definition) is 7. The van der Waals surface area contributed by atoms with Crippen molar-refractivity contribution in [2.75, 3.05) is 20.2 Å². The second-order valence-corrected chi connectivity index (χ2v) is 15.8. The number of halogens is 2. The Kier molecular flexibility index (Phi) is 11.4. The van der Waals surface area contributed by atoms with Gasteiger partial charge in [0.15, 0.2) is 5.78 Å². The van der Waals surface area contributed by atoms with Gasteiger partial charge in [-0.25, -0.2) is 22.0 Å². The molecule has 2 bridgehead atoms. The van der Waals surface area contributed by atoms with Crippen molar-refractivity contribution in [1.82, 2.24) is 14.9 Å². The molecule has 3 saturated heterocycles. The van der Waals surface area contributed by atoms with Crippen LogP contribution in [0.25, 0.3) is 0 Å². The van der Waals surface area contributed by atoms with E-state index in [1.807, 2.05) is 13.8 Å². The third-order valence-corrected chi connectivity index (χ3v) is 12.5. The van der Waals surface area contributed by atoms with Crippen molar-refractivity contribution in [2.24, 2.45) is 5.92 Å². The molecule has 3 heterocycles. The van der Waals surface area contributed by atoms with E-state index in [9.17, 15) is 22.4 Å². The minimum atomic E-state index is -3.48. The Bertz CT molecular complexity index is 1510. The van der Waals surface area contributed by atoms with Crippen molar-refractivity contribution >= 4 is 21.9 Å². The van der Waals surface area contributed by atoms with E-state index >= 15 is 4.39 Å². The minimum absolute atomic E-state index is 0.0853. The number of nitrogens with one attached hydrogen (secondary N) is 2. The number of alkyl carbamates (subject to hydrolysis) is 1. The van der Waals surface area contributed by atoms with E-state index in [4.69, 9.17) is 9.47 Å². The number of benzene rings is 2. The summed E-state index contributed by atoms with van der Waals surface area (Å²) in [5.41, 5.74) is 1.53. The predicted molar refractivity (Wildman–Crippen MR) is 175 cm³/mol. The number of sulfonamides is 1. The molecule has 258 valence electrons. The fourth-order valence-corrected chi connectivity index (χ4v) is 9.67. The van der Waals surface area contributed by atoms with E-state index in [0.29, 0.717) is 55.5 Å². The molecule has 2 aromatic rings. The van der Waals surface area contributed by atoms with Gasteiger partial charge in [-0.15, -0.1) is 0 Å². The number of ketones is 1. The Balaban J connectivity index is 1.42. The molecule has 0 spiro atoms. The van der Waals surface area contributed by atoms with Crippen molar-refractivity contribution in [3.05, 3.63) is 70.8 Å². The molecular weight excluding hydrogens is 628 g/mol. The molecule has 0 aromatic heterocycles. The van der Waals surface area contributed by atoms with Gasteiger partial charge in [0, 0.05) is 37.5 Å². The summed E-state index contributed by atoms with van der Waals surface area (Å²) >= 11 is 0. The molecule has 3 fully saturated rings. The summed E-state index contributed by atoms with van der Waals surface area (Å²) in [5.74, 6) is -1.83. The van der Waals surface area contributed by atoms with Crippen molar-refractivity contribution in [2.45, 2.75) is 107 Å². The van der Waals surface area contributed by atoms with Crippen LogP contribution < -0.4 is 10.6 Å². The second kappa shape index (κ2) is 15.1. The number of fused-ring (bicyclic) bond motifs is 2. The van der Waals surface area contributed by atoms with Crippen LogP contribution in [-0.2, 0) is 37.1 Å². The molecule has 5 rings (SSSR count). The number of carbonyl (C=O) groups is 2. The Morgan fingerprint density at radius 2 is 1.77 bits per heavy atom. The van der Waals surface area contributed by atoms with Gasteiger partial charge in [0.1, 0.15) is 11.6 Å². The third-order valence-electron chi connectivity index (χ3n) is 10.2. The molecule has 0 saturated carbocycles. The quantitative estimate of drug-likeness (QED) is 0.369. The van der Waals surface area contributed by atoms with Gasteiger partial charge in [-0.05, 0) is 100 Å². The molecule has 0 aliphatic carbocycles. The average molecular weight is 676 g/mol. The zero-order valence-corrected chi connectivity index (χ0v) is 28.4. The lowest BCUT2D eigenvalue weighted by molar-refractivity contribution is -0.122. The summed E-state index contributed by atoms with van der Waals surface area (Å²) in [6.07, 6.45) is 2.12. The number of amides is 1. The second-order valence-electron chi connectivity index (χ2n) is 13.5. The highest BCUT2D eigenvalue weighted by atomic mass is 32.2. The molecule has 3 unspecified atom stereocenters. The molecule has 9 nitrogen and oxygen atoms in total. The zero-order valence-electron chi connectivity index (χ0n) is 27.6. The highest BCUT2D eigenvalue weighted by molar-refractivity contribution is 7.89. The van der Waals surface area contributed by atoms with Gasteiger partial charge >= 0.3 is 6.09 Å². The smallest absolute Gasteiger partial charge is 0.407 e. The lowest BCUT2D eigenvalue weighted by Crippen LogP contribution is -2.57. The first-order valence-electron chi connectivity index (χ1n) is 16.7. The largest absolute Gasteiger partial charge is 0.453 e. The molecule has 3 aliphatic heterocycles. The number of methoxy groups -OCH3 is 1. The summed E-state index contributed by atoms with van der Waals surface area (Å²) < 4.78 is 68.6. The summed E-state index contributed by atoms with van der Waals surface area (Å²) in [7, 11) is -2.26. The van der Waals surface area contributed by atoms with Crippen molar-refractivity contribution < 1.29 is 36.3 Å². The molecule has 3 aliphatic rings. The molecule has 47 heavy (non-hydrogen) atoms. The van der Waals surface area contributed by atoms with Crippen LogP contribution in [0, 0.1) is 17.6 Å². The van der Waals surface area contributed by atoms with Crippen LogP contribution in [-0.4, -0.2) is 80.4 Å². The number of nitrogens with zero attached hydrogens (tertiary/aromatic N) is 1. The van der Waals surface area contributed by atoms with Gasteiger partial charge in [0.25, 0.3) is 0 Å². The molecule has 12 heteroatoms. The number of rotatable bonds is 10. The predicted octanol–water partition coefficient (Wildman–Crippen LogP) is 4.88. The van der Waals surface area contributed by atoms with Crippen molar-refractivity contribution in [1.29, 1.82) is 0 Å². The van der Waals surface area contributed by atoms with Crippen LogP contribution in [0.1, 0.15) is 75.5 Å². The first-order chi connectivity index (χ1) is 22.4. The average Bonchev–Trinajstić information content (AvgIpc) is 3.11. The highest BCUT2D eigenvalue weighted by Crippen LogP contribution is 2.39. The zero-order chi connectivity index (χ0) is 33.9. The Morgan fingerprint density at radius 3 is 2.45 bits per heavy atom. The molecule has 0 radical (unpaired) electrons. The first kappa shape index (κ1) is 35.4. The molecule has 2 aromatic carbocycles. The van der Waals surface area contributed by atoms with Gasteiger partial charge in [-0.2, -0.15) is 4.31 Å². The van der Waals surface area contributed by atoms with E-state index in [-0.39, 0.29) is 48.8 Å². The summed E-state index contributed by atoms with van der Waals surface area (Å²) in [5, 5.41) is 5.75. The monoisotopic (exact) mass is 675 g/mol. The maximum absolute atomic E-state index is 15.5. The number of piperazine rings is 1. The van der Waals surface area contributed by atoms with Gasteiger partial charge < -0.3 is 20.1 Å². The van der Waals surface area contributed by atoms with Crippen molar-refractivity contribution in [3.8, 4) is 0 Å². The van der Waals surface area contributed by atoms with Crippen LogP contribution in [0.2, 0.25) is 0 Å². The van der Waals surface area contributed by atoms with E-state index in [0.717, 1.165) is 6.42 Å². The van der Waals surface area contributed by atoms with Crippen molar-refractivity contribution in [3.63, 3.8) is 0 Å². The van der Waals surface area contributed by atoms with Crippen LogP contribution in [0.4, 0.5) is 13.6 Å². The molecule has 9 atom stereocenters. The van der Waals surface area contributed by atoms with Crippen LogP contribution in [0.15, 0.2) is 42.5 Å². The lowest BCUT2D eigenvalue weighted by Gasteiger charge is -2.40. The Hall–Kier alpha value is -2.93. The first-order valence-corrected chi connectivity index (χ1v) is 18.2. The minimum Gasteiger partial charge on any atom is -0.453 e. The van der Waals surface area contributed by atoms with Crippen LogP contribution in [0.3, 0.4) is 0 Å². The number of carbonyl (C=O) groups excluding carboxylic acids is 2. The molecular formula is C35H47F2N3O6S. The van der Waals surface area contributed by atoms with Crippen LogP contribution in [0.5, 0.6) is 0 Å². The van der Waals surface area contributed by atoms with Gasteiger partial charge in [-0.1, -0.05) is 24.3 Å². The molecule has 1 amide bonds. The maximum atomic E-state index is 15.5. The number of ether oxygens (including phenoxy) is 2. The highest BCUT2D eigenvalue weighted by Gasteiger charge is 2.42. The normalized spacial score (nSPS) is 30.0. The summed E-state index contributed by atoms with van der Waals surface area (Å²) in [6.45, 7) is 6.55. The molecule has 2 N–H and O–H groups in total. The standard InChI is InChI=1S/C35H47F2N3O6S/c1-21-16-26(17-22(2)46-21)33(24-9-11-27(36)12-10-24)34(39-35(42)45-4)32(41)18-25-6-5-7-31(37)30(25)15-14-29-19-38-28-13-8-23(3)47(43,44)40(29)20-28/h5-7,9-12,21-23,26,28-29,33-34,38H,8,13-20H2,1-4H3,(H,39,42)/t21-,22+,23?,26?,28-,29+,33+,34-/m1/s1. The van der Waals surface area contributed by atoms with Gasteiger partial charge in [0.2, 0.25) is 10.0 Å². The SMILES string of the molecule is COC(=O)N[C@H](C(=O)Cc1cccc(F)c1CC[C@H]1CN[C@@H]2CCC(C)S(=O)(=O)N1C2)[C@@H](c1ccc(F)cc1)C1C[C@@H](C)O[C@@H](C)C1. The Morgan fingerprint density at radius 1 is 1.06 bits per heavy atom. The van der Waals surface area contributed by atoms with E-state index in [2.05, 4.69) is 10.6 Å². The summed E-state index contributed by atoms with van der Waals surface area (Å²) in [6, 6.07) is 9.27. The van der Waals surface area contributed by atoms with Gasteiger partial charge in [-0.3, -0.25) is 4.79 Å². The summed E-state index contributed by atoms with van der Waals surface area (Å²) in [4.78, 5) is 27.0. The third kappa shape index (κ3) is 8.21. The number of hydrogen-bond donors (Lipinski definition) is 2. The van der Waals surface area contributed by atoms with E-state index < -0.39 is 45.0 Å². The number of Topliss-reactive ketones (excluding diaryl/α,β-unsaturated/α-hetero) is 1. The van der Waals surface area contributed by atoms with E-state index in [1.165, 1.54) is 25.3 Å².